The predicted octanol–water partition coefficient (Wildman–Crippen LogP) is 3.35. The van der Waals surface area contributed by atoms with Crippen LogP contribution in [-0.4, -0.2) is 25.4 Å². The van der Waals surface area contributed by atoms with E-state index in [1.54, 1.807) is 7.11 Å². The van der Waals surface area contributed by atoms with Crippen molar-refractivity contribution < 1.29 is 9.47 Å². The van der Waals surface area contributed by atoms with Crippen LogP contribution in [0.2, 0.25) is 0 Å². The molecule has 0 bridgehead atoms. The van der Waals surface area contributed by atoms with E-state index in [1.807, 2.05) is 0 Å². The van der Waals surface area contributed by atoms with Gasteiger partial charge in [0.15, 0.2) is 0 Å². The maximum Gasteiger partial charge on any atom is 0.0713 e. The van der Waals surface area contributed by atoms with Gasteiger partial charge in [0, 0.05) is 25.4 Å². The molecule has 1 heterocycles. The molecule has 3 rings (SSSR count). The lowest BCUT2D eigenvalue weighted by Crippen LogP contribution is -2.49. The number of methoxy groups -OCH3 is 1. The van der Waals surface area contributed by atoms with Crippen LogP contribution in [0.5, 0.6) is 0 Å². The Morgan fingerprint density at radius 3 is 3.05 bits per heavy atom. The summed E-state index contributed by atoms with van der Waals surface area (Å²) in [6, 6.07) is 9.07. The maximum atomic E-state index is 5.97. The Balaban J connectivity index is 1.62. The Kier molecular flexibility index (Phi) is 3.76. The molecule has 1 N–H and O–H groups in total. The third kappa shape index (κ3) is 2.93. The van der Waals surface area contributed by atoms with Crippen LogP contribution in [0.1, 0.15) is 37.7 Å². The molecule has 1 aliphatic heterocycles. The van der Waals surface area contributed by atoms with Crippen molar-refractivity contribution in [2.75, 3.05) is 19.0 Å². The third-order valence-corrected chi connectivity index (χ3v) is 4.37. The molecule has 3 nitrogen and oxygen atoms in total. The van der Waals surface area contributed by atoms with Gasteiger partial charge in [-0.2, -0.15) is 0 Å². The van der Waals surface area contributed by atoms with E-state index in [2.05, 4.69) is 29.6 Å². The van der Waals surface area contributed by atoms with Crippen molar-refractivity contribution in [3.8, 4) is 0 Å². The molecule has 0 aromatic heterocycles. The molecule has 1 aliphatic carbocycles. The van der Waals surface area contributed by atoms with Gasteiger partial charge in [0.05, 0.1) is 12.2 Å². The van der Waals surface area contributed by atoms with Crippen LogP contribution < -0.4 is 5.32 Å². The van der Waals surface area contributed by atoms with Gasteiger partial charge in [0.25, 0.3) is 0 Å². The summed E-state index contributed by atoms with van der Waals surface area (Å²) in [4.78, 5) is 0. The summed E-state index contributed by atoms with van der Waals surface area (Å²) in [6.07, 6.45) is 6.08. The first-order valence-corrected chi connectivity index (χ1v) is 7.28. The van der Waals surface area contributed by atoms with Gasteiger partial charge in [-0.3, -0.25) is 0 Å². The zero-order chi connectivity index (χ0) is 13.1. The van der Waals surface area contributed by atoms with E-state index in [0.29, 0.717) is 12.6 Å². The second kappa shape index (κ2) is 5.51. The van der Waals surface area contributed by atoms with Gasteiger partial charge in [-0.15, -0.1) is 0 Å². The van der Waals surface area contributed by atoms with Gasteiger partial charge in [-0.25, -0.2) is 0 Å². The van der Waals surface area contributed by atoms with Crippen LogP contribution in [0, 0.1) is 0 Å². The molecule has 1 atom stereocenters. The number of nitrogens with one attached hydrogen (secondary N) is 1. The Hall–Kier alpha value is -1.06. The maximum absolute atomic E-state index is 5.97. The fourth-order valence-corrected chi connectivity index (χ4v) is 3.22. The summed E-state index contributed by atoms with van der Waals surface area (Å²) in [5.74, 6) is 0. The number of rotatable bonds is 4. The molecule has 3 heteroatoms. The van der Waals surface area contributed by atoms with Crippen molar-refractivity contribution in [2.45, 2.75) is 50.4 Å². The Morgan fingerprint density at radius 1 is 1.42 bits per heavy atom. The number of anilines is 1. The molecule has 0 amide bonds. The highest BCUT2D eigenvalue weighted by Gasteiger charge is 2.42. The van der Waals surface area contributed by atoms with Crippen LogP contribution in [0.4, 0.5) is 5.69 Å². The molecule has 1 unspecified atom stereocenters. The Labute approximate surface area is 115 Å². The van der Waals surface area contributed by atoms with E-state index in [-0.39, 0.29) is 5.60 Å². The van der Waals surface area contributed by atoms with Crippen molar-refractivity contribution in [1.29, 1.82) is 0 Å². The highest BCUT2D eigenvalue weighted by atomic mass is 16.5. The van der Waals surface area contributed by atoms with Crippen LogP contribution >= 0.6 is 0 Å². The minimum Gasteiger partial charge on any atom is -0.382 e. The Morgan fingerprint density at radius 2 is 2.32 bits per heavy atom. The predicted molar refractivity (Wildman–Crippen MR) is 76.3 cm³/mol. The molecule has 2 aliphatic rings. The fraction of sp³-hybridized carbons (Fsp3) is 0.625. The summed E-state index contributed by atoms with van der Waals surface area (Å²) < 4.78 is 11.2. The van der Waals surface area contributed by atoms with Crippen molar-refractivity contribution in [1.82, 2.24) is 0 Å². The van der Waals surface area contributed by atoms with Crippen molar-refractivity contribution in [3.05, 3.63) is 29.8 Å². The first kappa shape index (κ1) is 12.9. The van der Waals surface area contributed by atoms with Gasteiger partial charge < -0.3 is 14.8 Å². The molecule has 2 fully saturated rings. The molecule has 19 heavy (non-hydrogen) atoms. The van der Waals surface area contributed by atoms with Crippen molar-refractivity contribution in [2.24, 2.45) is 0 Å². The topological polar surface area (TPSA) is 30.5 Å². The molecule has 104 valence electrons. The van der Waals surface area contributed by atoms with Crippen LogP contribution in [-0.2, 0) is 16.1 Å². The SMILES string of the molecule is COCc1cccc(NC2CCOC3(CCC3)C2)c1. The molecule has 1 aromatic carbocycles. The van der Waals surface area contributed by atoms with E-state index < -0.39 is 0 Å². The minimum atomic E-state index is 0.208. The largest absolute Gasteiger partial charge is 0.382 e. The Bertz CT molecular complexity index is 429. The lowest BCUT2D eigenvalue weighted by Gasteiger charge is -2.47. The molecule has 1 saturated heterocycles. The smallest absolute Gasteiger partial charge is 0.0713 e. The summed E-state index contributed by atoms with van der Waals surface area (Å²) in [6.45, 7) is 1.57. The van der Waals surface area contributed by atoms with Crippen molar-refractivity contribution in [3.63, 3.8) is 0 Å². The van der Waals surface area contributed by atoms with Gasteiger partial charge in [0.2, 0.25) is 0 Å². The summed E-state index contributed by atoms with van der Waals surface area (Å²) in [7, 11) is 1.74. The second-order valence-corrected chi connectivity index (χ2v) is 5.85. The molecule has 0 radical (unpaired) electrons. The van der Waals surface area contributed by atoms with Gasteiger partial charge in [-0.05, 0) is 49.8 Å². The van der Waals surface area contributed by atoms with E-state index in [4.69, 9.17) is 9.47 Å². The summed E-state index contributed by atoms with van der Waals surface area (Å²) >= 11 is 0. The lowest BCUT2D eigenvalue weighted by molar-refractivity contribution is -0.130. The highest BCUT2D eigenvalue weighted by Crippen LogP contribution is 2.42. The number of hydrogen-bond acceptors (Lipinski definition) is 3. The van der Waals surface area contributed by atoms with E-state index in [1.165, 1.54) is 30.5 Å². The molecular weight excluding hydrogens is 238 g/mol. The minimum absolute atomic E-state index is 0.208. The first-order valence-electron chi connectivity index (χ1n) is 7.28. The van der Waals surface area contributed by atoms with Gasteiger partial charge >= 0.3 is 0 Å². The standard InChI is InChI=1S/C16H23NO2/c1-18-12-13-4-2-5-14(10-13)17-15-6-9-19-16(11-15)7-3-8-16/h2,4-5,10,15,17H,3,6-9,11-12H2,1H3. The molecular formula is C16H23NO2. The van der Waals surface area contributed by atoms with E-state index in [9.17, 15) is 0 Å². The lowest BCUT2D eigenvalue weighted by atomic mass is 9.74. The average Bonchev–Trinajstić information content (AvgIpc) is 2.38. The number of ether oxygens (including phenoxy) is 2. The third-order valence-electron chi connectivity index (χ3n) is 4.37. The summed E-state index contributed by atoms with van der Waals surface area (Å²) in [5.41, 5.74) is 2.63. The quantitative estimate of drug-likeness (QED) is 0.901. The number of benzene rings is 1. The normalized spacial score (nSPS) is 25.0. The van der Waals surface area contributed by atoms with Gasteiger partial charge in [-0.1, -0.05) is 12.1 Å². The molecule has 1 saturated carbocycles. The summed E-state index contributed by atoms with van der Waals surface area (Å²) in [5, 5.41) is 3.67. The van der Waals surface area contributed by atoms with Crippen LogP contribution in [0.15, 0.2) is 24.3 Å². The molecule has 1 aromatic rings. The van der Waals surface area contributed by atoms with Crippen LogP contribution in [0.3, 0.4) is 0 Å². The zero-order valence-corrected chi connectivity index (χ0v) is 11.7. The van der Waals surface area contributed by atoms with Crippen LogP contribution in [0.25, 0.3) is 0 Å². The van der Waals surface area contributed by atoms with Gasteiger partial charge in [0.1, 0.15) is 0 Å². The second-order valence-electron chi connectivity index (χ2n) is 5.85. The average molecular weight is 261 g/mol. The number of hydrogen-bond donors (Lipinski definition) is 1. The van der Waals surface area contributed by atoms with E-state index in [0.717, 1.165) is 19.4 Å². The monoisotopic (exact) mass is 261 g/mol. The van der Waals surface area contributed by atoms with Crippen molar-refractivity contribution >= 4 is 5.69 Å². The van der Waals surface area contributed by atoms with E-state index >= 15 is 0 Å². The highest BCUT2D eigenvalue weighted by molar-refractivity contribution is 5.46. The first-order chi connectivity index (χ1) is 9.30. The molecule has 1 spiro atoms. The zero-order valence-electron chi connectivity index (χ0n) is 11.7. The fourth-order valence-electron chi connectivity index (χ4n) is 3.22.